The molecule has 3 rings (SSSR count). The van der Waals surface area contributed by atoms with Gasteiger partial charge in [0.1, 0.15) is 11.9 Å². The molecule has 2 aliphatic rings. The molecule has 0 heterocycles. The molecule has 3 nitrogen and oxygen atoms in total. The predicted molar refractivity (Wildman–Crippen MR) is 141 cm³/mol. The molecule has 0 radical (unpaired) electrons. The molecule has 0 aromatic heterocycles. The molecular weight excluding hydrogens is 420 g/mol. The summed E-state index contributed by atoms with van der Waals surface area (Å²) in [6.45, 7) is 5.31. The van der Waals surface area contributed by atoms with Crippen LogP contribution in [0.5, 0.6) is 5.75 Å². The van der Waals surface area contributed by atoms with Crippen LogP contribution in [0, 0.1) is 17.8 Å². The molecule has 2 aliphatic carbocycles. The molecule has 0 N–H and O–H groups in total. The highest BCUT2D eigenvalue weighted by molar-refractivity contribution is 5.89. The number of hydrogen-bond donors (Lipinski definition) is 0. The fourth-order valence-electron chi connectivity index (χ4n) is 5.99. The number of carbonyl (C=O) groups excluding carboxylic acids is 1. The Morgan fingerprint density at radius 3 is 1.82 bits per heavy atom. The normalized spacial score (nSPS) is 25.1. The van der Waals surface area contributed by atoms with Gasteiger partial charge in [0.05, 0.1) is 12.2 Å². The van der Waals surface area contributed by atoms with Gasteiger partial charge < -0.3 is 9.47 Å². The van der Waals surface area contributed by atoms with Crippen molar-refractivity contribution >= 4 is 5.97 Å². The van der Waals surface area contributed by atoms with Gasteiger partial charge in [0.15, 0.2) is 0 Å². The fraction of sp³-hybridized carbons (Fsp3) is 0.774. The average Bonchev–Trinajstić information content (AvgIpc) is 2.87. The molecule has 0 unspecified atom stereocenters. The van der Waals surface area contributed by atoms with Crippen molar-refractivity contribution in [3.8, 4) is 5.75 Å². The van der Waals surface area contributed by atoms with Gasteiger partial charge in [0.25, 0.3) is 0 Å². The van der Waals surface area contributed by atoms with Crippen molar-refractivity contribution in [1.82, 2.24) is 0 Å². The number of benzene rings is 1. The van der Waals surface area contributed by atoms with Crippen LogP contribution in [0.15, 0.2) is 24.3 Å². The van der Waals surface area contributed by atoms with Gasteiger partial charge in [-0.2, -0.15) is 0 Å². The van der Waals surface area contributed by atoms with Crippen molar-refractivity contribution in [3.63, 3.8) is 0 Å². The van der Waals surface area contributed by atoms with E-state index in [0.29, 0.717) is 5.56 Å². The summed E-state index contributed by atoms with van der Waals surface area (Å²) in [5, 5.41) is 0. The van der Waals surface area contributed by atoms with Crippen LogP contribution in [0.25, 0.3) is 0 Å². The van der Waals surface area contributed by atoms with Gasteiger partial charge in [0.2, 0.25) is 0 Å². The Bertz CT molecular complexity index is 666. The molecule has 34 heavy (non-hydrogen) atoms. The standard InChI is InChI=1S/C31H50O3/c1-3-5-7-10-26-12-14-27(15-13-26)11-8-24-33-29-22-18-28(19-23-29)31(32)34-30-20-16-25(17-21-30)9-6-4-2/h18-19,22-23,25-27,30H,3-17,20-21,24H2,1-2H3/t25-,26-,27-,30-. The number of rotatable bonds is 14. The highest BCUT2D eigenvalue weighted by Crippen LogP contribution is 2.34. The first kappa shape index (κ1) is 27.1. The van der Waals surface area contributed by atoms with Crippen LogP contribution in [-0.4, -0.2) is 18.7 Å². The molecule has 0 amide bonds. The summed E-state index contributed by atoms with van der Waals surface area (Å²) < 4.78 is 11.8. The minimum absolute atomic E-state index is 0.0905. The van der Waals surface area contributed by atoms with Crippen molar-refractivity contribution in [2.24, 2.45) is 17.8 Å². The van der Waals surface area contributed by atoms with E-state index in [0.717, 1.165) is 49.4 Å². The summed E-state index contributed by atoms with van der Waals surface area (Å²) >= 11 is 0. The van der Waals surface area contributed by atoms with Gasteiger partial charge in [-0.25, -0.2) is 4.79 Å². The van der Waals surface area contributed by atoms with E-state index < -0.39 is 0 Å². The predicted octanol–water partition coefficient (Wildman–Crippen LogP) is 9.14. The summed E-state index contributed by atoms with van der Waals surface area (Å²) in [6.07, 6.45) is 22.2. The molecule has 2 saturated carbocycles. The SMILES string of the molecule is CCCCC[C@H]1CC[C@H](CCCOc2ccc(C(=O)O[C@H]3CC[C@H](CCCC)CC3)cc2)CC1. The maximum absolute atomic E-state index is 12.5. The molecule has 0 atom stereocenters. The van der Waals surface area contributed by atoms with Crippen LogP contribution in [0.2, 0.25) is 0 Å². The Balaban J connectivity index is 1.27. The molecule has 0 spiro atoms. The minimum atomic E-state index is -0.186. The second-order valence-electron chi connectivity index (χ2n) is 11.1. The molecule has 0 saturated heterocycles. The minimum Gasteiger partial charge on any atom is -0.494 e. The Kier molecular flexibility index (Phi) is 12.3. The lowest BCUT2D eigenvalue weighted by Crippen LogP contribution is -2.24. The smallest absolute Gasteiger partial charge is 0.338 e. The van der Waals surface area contributed by atoms with Crippen LogP contribution < -0.4 is 4.74 Å². The Labute approximate surface area is 209 Å². The van der Waals surface area contributed by atoms with Gasteiger partial charge >= 0.3 is 5.97 Å². The largest absolute Gasteiger partial charge is 0.494 e. The van der Waals surface area contributed by atoms with Crippen LogP contribution in [0.1, 0.15) is 133 Å². The number of ether oxygens (including phenoxy) is 2. The molecule has 0 aliphatic heterocycles. The van der Waals surface area contributed by atoms with E-state index in [9.17, 15) is 4.79 Å². The van der Waals surface area contributed by atoms with E-state index in [1.165, 1.54) is 89.9 Å². The third-order valence-corrected chi connectivity index (χ3v) is 8.33. The van der Waals surface area contributed by atoms with Crippen molar-refractivity contribution in [2.75, 3.05) is 6.61 Å². The second kappa shape index (κ2) is 15.5. The molecular formula is C31H50O3. The van der Waals surface area contributed by atoms with E-state index in [4.69, 9.17) is 9.47 Å². The first-order chi connectivity index (χ1) is 16.7. The lowest BCUT2D eigenvalue weighted by molar-refractivity contribution is 0.0161. The number of esters is 1. The van der Waals surface area contributed by atoms with E-state index >= 15 is 0 Å². The molecule has 0 bridgehead atoms. The highest BCUT2D eigenvalue weighted by Gasteiger charge is 2.24. The lowest BCUT2D eigenvalue weighted by atomic mass is 9.78. The third kappa shape index (κ3) is 9.62. The molecule has 192 valence electrons. The van der Waals surface area contributed by atoms with Gasteiger partial charge in [-0.15, -0.1) is 0 Å². The van der Waals surface area contributed by atoms with Crippen molar-refractivity contribution in [2.45, 2.75) is 129 Å². The van der Waals surface area contributed by atoms with Gasteiger partial charge in [-0.1, -0.05) is 84.5 Å². The molecule has 1 aromatic carbocycles. The summed E-state index contributed by atoms with van der Waals surface area (Å²) in [4.78, 5) is 12.5. The quantitative estimate of drug-likeness (QED) is 0.201. The number of hydrogen-bond acceptors (Lipinski definition) is 3. The Morgan fingerprint density at radius 2 is 1.24 bits per heavy atom. The second-order valence-corrected chi connectivity index (χ2v) is 11.1. The highest BCUT2D eigenvalue weighted by atomic mass is 16.5. The number of carbonyl (C=O) groups is 1. The van der Waals surface area contributed by atoms with E-state index in [1.54, 1.807) is 0 Å². The summed E-state index contributed by atoms with van der Waals surface area (Å²) in [6, 6.07) is 7.54. The van der Waals surface area contributed by atoms with Crippen LogP contribution >= 0.6 is 0 Å². The Morgan fingerprint density at radius 1 is 0.706 bits per heavy atom. The van der Waals surface area contributed by atoms with E-state index in [1.807, 2.05) is 24.3 Å². The zero-order chi connectivity index (χ0) is 24.0. The van der Waals surface area contributed by atoms with Crippen LogP contribution in [-0.2, 0) is 4.74 Å². The Hall–Kier alpha value is -1.51. The van der Waals surface area contributed by atoms with E-state index in [2.05, 4.69) is 13.8 Å². The van der Waals surface area contributed by atoms with E-state index in [-0.39, 0.29) is 12.1 Å². The van der Waals surface area contributed by atoms with Crippen LogP contribution in [0.4, 0.5) is 0 Å². The first-order valence-electron chi connectivity index (χ1n) is 14.6. The van der Waals surface area contributed by atoms with Gasteiger partial charge in [-0.3, -0.25) is 0 Å². The summed E-state index contributed by atoms with van der Waals surface area (Å²) in [7, 11) is 0. The third-order valence-electron chi connectivity index (χ3n) is 8.33. The maximum Gasteiger partial charge on any atom is 0.338 e. The maximum atomic E-state index is 12.5. The summed E-state index contributed by atoms with van der Waals surface area (Å²) in [5.41, 5.74) is 0.635. The molecule has 3 heteroatoms. The lowest BCUT2D eigenvalue weighted by Gasteiger charge is -2.28. The number of unbranched alkanes of at least 4 members (excludes halogenated alkanes) is 3. The summed E-state index contributed by atoms with van der Waals surface area (Å²) in [5.74, 6) is 3.38. The fourth-order valence-corrected chi connectivity index (χ4v) is 5.99. The van der Waals surface area contributed by atoms with Gasteiger partial charge in [0, 0.05) is 0 Å². The van der Waals surface area contributed by atoms with Crippen molar-refractivity contribution < 1.29 is 14.3 Å². The van der Waals surface area contributed by atoms with Crippen molar-refractivity contribution in [3.05, 3.63) is 29.8 Å². The first-order valence-corrected chi connectivity index (χ1v) is 14.6. The topological polar surface area (TPSA) is 35.5 Å². The molecule has 2 fully saturated rings. The van der Waals surface area contributed by atoms with Crippen molar-refractivity contribution in [1.29, 1.82) is 0 Å². The van der Waals surface area contributed by atoms with Crippen LogP contribution in [0.3, 0.4) is 0 Å². The zero-order valence-corrected chi connectivity index (χ0v) is 22.1. The monoisotopic (exact) mass is 470 g/mol. The zero-order valence-electron chi connectivity index (χ0n) is 22.1. The molecule has 1 aromatic rings. The average molecular weight is 471 g/mol. The van der Waals surface area contributed by atoms with Gasteiger partial charge in [-0.05, 0) is 80.5 Å².